The van der Waals surface area contributed by atoms with Crippen LogP contribution in [-0.2, 0) is 9.47 Å². The number of rotatable bonds is 4. The second kappa shape index (κ2) is 8.64. The van der Waals surface area contributed by atoms with Crippen molar-refractivity contribution in [1.29, 1.82) is 0 Å². The molecule has 2 aliphatic rings. The van der Waals surface area contributed by atoms with E-state index in [2.05, 4.69) is 0 Å². The molecule has 0 aromatic heterocycles. The number of hydrogen-bond acceptors (Lipinski definition) is 6. The first kappa shape index (κ1) is 18.9. The summed E-state index contributed by atoms with van der Waals surface area (Å²) in [5.41, 5.74) is 0.661. The average Bonchev–Trinajstić information content (AvgIpc) is 2.65. The lowest BCUT2D eigenvalue weighted by atomic mass is 9.95. The molecule has 4 atom stereocenters. The minimum atomic E-state index is -0.608. The predicted octanol–water partition coefficient (Wildman–Crippen LogP) is 2.61. The van der Waals surface area contributed by atoms with Gasteiger partial charge in [-0.2, -0.15) is 0 Å². The summed E-state index contributed by atoms with van der Waals surface area (Å²) >= 11 is 0. The van der Waals surface area contributed by atoms with Gasteiger partial charge >= 0.3 is 11.9 Å². The fourth-order valence-corrected chi connectivity index (χ4v) is 3.58. The van der Waals surface area contributed by atoms with E-state index in [0.29, 0.717) is 36.8 Å². The molecule has 0 aliphatic heterocycles. The van der Waals surface area contributed by atoms with Crippen LogP contribution in [0, 0.1) is 0 Å². The van der Waals surface area contributed by atoms with E-state index in [1.807, 2.05) is 0 Å². The van der Waals surface area contributed by atoms with Gasteiger partial charge in [0.05, 0.1) is 23.3 Å². The highest BCUT2D eigenvalue weighted by Crippen LogP contribution is 2.24. The van der Waals surface area contributed by atoms with Crippen LogP contribution in [0.2, 0.25) is 0 Å². The molecule has 0 heterocycles. The molecule has 142 valence electrons. The van der Waals surface area contributed by atoms with Gasteiger partial charge in [-0.3, -0.25) is 0 Å². The first-order valence-corrected chi connectivity index (χ1v) is 9.43. The topological polar surface area (TPSA) is 93.1 Å². The van der Waals surface area contributed by atoms with E-state index in [1.165, 1.54) is 24.3 Å². The second-order valence-corrected chi connectivity index (χ2v) is 7.17. The molecule has 0 bridgehead atoms. The zero-order chi connectivity index (χ0) is 18.5. The molecule has 4 unspecified atom stereocenters. The van der Waals surface area contributed by atoms with Crippen LogP contribution in [0.4, 0.5) is 0 Å². The highest BCUT2D eigenvalue weighted by Gasteiger charge is 2.28. The Morgan fingerprint density at radius 2 is 1.04 bits per heavy atom. The predicted molar refractivity (Wildman–Crippen MR) is 93.8 cm³/mol. The second-order valence-electron chi connectivity index (χ2n) is 7.17. The number of hydrogen-bond donors (Lipinski definition) is 2. The smallest absolute Gasteiger partial charge is 0.338 e. The molecule has 6 heteroatoms. The maximum Gasteiger partial charge on any atom is 0.338 e. The van der Waals surface area contributed by atoms with Gasteiger partial charge in [0.25, 0.3) is 0 Å². The third kappa shape index (κ3) is 4.62. The molecule has 0 radical (unpaired) electrons. The molecular formula is C20H26O6. The van der Waals surface area contributed by atoms with Crippen LogP contribution in [0.3, 0.4) is 0 Å². The first-order valence-electron chi connectivity index (χ1n) is 9.43. The maximum absolute atomic E-state index is 12.2. The number of aliphatic hydroxyl groups is 2. The lowest BCUT2D eigenvalue weighted by molar-refractivity contribution is -0.0365. The molecule has 0 saturated heterocycles. The van der Waals surface area contributed by atoms with E-state index in [1.54, 1.807) is 0 Å². The van der Waals surface area contributed by atoms with Crippen LogP contribution in [0.25, 0.3) is 0 Å². The summed E-state index contributed by atoms with van der Waals surface area (Å²) in [5, 5.41) is 19.8. The maximum atomic E-state index is 12.2. The van der Waals surface area contributed by atoms with Crippen LogP contribution in [0.15, 0.2) is 24.3 Å². The van der Waals surface area contributed by atoms with Gasteiger partial charge in [0.15, 0.2) is 0 Å². The van der Waals surface area contributed by atoms with E-state index >= 15 is 0 Å². The van der Waals surface area contributed by atoms with E-state index < -0.39 is 36.4 Å². The summed E-state index contributed by atoms with van der Waals surface area (Å²) < 4.78 is 10.8. The standard InChI is InChI=1S/C20H26O6/c21-15-5-1-3-7-17(15)25-19(23)13-9-11-14(12-10-13)20(24)26-18-8-4-2-6-16(18)22/h9-12,15-18,21-22H,1-8H2. The van der Waals surface area contributed by atoms with Gasteiger partial charge in [0.2, 0.25) is 0 Å². The highest BCUT2D eigenvalue weighted by atomic mass is 16.6. The summed E-state index contributed by atoms with van der Waals surface area (Å²) in [5.74, 6) is -1.00. The van der Waals surface area contributed by atoms with Gasteiger partial charge in [-0.1, -0.05) is 12.8 Å². The number of carbonyl (C=O) groups excluding carboxylic acids is 2. The molecule has 0 spiro atoms. The monoisotopic (exact) mass is 362 g/mol. The summed E-state index contributed by atoms with van der Waals surface area (Å²) in [6.45, 7) is 0. The minimum Gasteiger partial charge on any atom is -0.456 e. The zero-order valence-electron chi connectivity index (χ0n) is 14.8. The third-order valence-electron chi connectivity index (χ3n) is 5.21. The third-order valence-corrected chi connectivity index (χ3v) is 5.21. The SMILES string of the molecule is O=C(OC1CCCCC1O)c1ccc(C(=O)OC2CCCCC2O)cc1. The van der Waals surface area contributed by atoms with Crippen molar-refractivity contribution in [1.82, 2.24) is 0 Å². The van der Waals surface area contributed by atoms with Crippen LogP contribution in [0.1, 0.15) is 72.1 Å². The molecule has 3 rings (SSSR count). The van der Waals surface area contributed by atoms with Crippen molar-refractivity contribution >= 4 is 11.9 Å². The number of benzene rings is 1. The Balaban J connectivity index is 1.57. The van der Waals surface area contributed by atoms with E-state index in [9.17, 15) is 19.8 Å². The van der Waals surface area contributed by atoms with E-state index in [4.69, 9.17) is 9.47 Å². The number of aliphatic hydroxyl groups excluding tert-OH is 2. The van der Waals surface area contributed by atoms with Gasteiger partial charge in [0.1, 0.15) is 12.2 Å². The molecule has 1 aromatic rings. The molecule has 2 fully saturated rings. The van der Waals surface area contributed by atoms with Crippen LogP contribution in [0.5, 0.6) is 0 Å². The first-order chi connectivity index (χ1) is 12.5. The van der Waals surface area contributed by atoms with Crippen LogP contribution in [-0.4, -0.2) is 46.6 Å². The Bertz CT molecular complexity index is 571. The van der Waals surface area contributed by atoms with Gasteiger partial charge in [-0.15, -0.1) is 0 Å². The lowest BCUT2D eigenvalue weighted by Gasteiger charge is -2.27. The largest absolute Gasteiger partial charge is 0.456 e. The van der Waals surface area contributed by atoms with Crippen molar-refractivity contribution in [2.24, 2.45) is 0 Å². The zero-order valence-corrected chi connectivity index (χ0v) is 14.8. The summed E-state index contributed by atoms with van der Waals surface area (Å²) in [4.78, 5) is 24.4. The van der Waals surface area contributed by atoms with Gasteiger partial charge in [0, 0.05) is 0 Å². The average molecular weight is 362 g/mol. The van der Waals surface area contributed by atoms with E-state index in [0.717, 1.165) is 25.7 Å². The highest BCUT2D eigenvalue weighted by molar-refractivity contribution is 5.93. The number of carbonyl (C=O) groups is 2. The van der Waals surface area contributed by atoms with Crippen LogP contribution < -0.4 is 0 Å². The van der Waals surface area contributed by atoms with Crippen molar-refractivity contribution in [3.05, 3.63) is 35.4 Å². The Hall–Kier alpha value is -1.92. The summed E-state index contributed by atoms with van der Waals surface area (Å²) in [6.07, 6.45) is 4.26. The van der Waals surface area contributed by atoms with Crippen molar-refractivity contribution < 1.29 is 29.3 Å². The van der Waals surface area contributed by atoms with Gasteiger partial charge in [-0.05, 0) is 62.8 Å². The minimum absolute atomic E-state index is 0.331. The molecule has 0 amide bonds. The Kier molecular flexibility index (Phi) is 6.27. The van der Waals surface area contributed by atoms with Crippen molar-refractivity contribution in [3.63, 3.8) is 0 Å². The quantitative estimate of drug-likeness (QED) is 0.800. The molecule has 26 heavy (non-hydrogen) atoms. The summed E-state index contributed by atoms with van der Waals surface area (Å²) in [7, 11) is 0. The Labute approximate surface area is 153 Å². The van der Waals surface area contributed by atoms with Crippen molar-refractivity contribution in [2.75, 3.05) is 0 Å². The molecular weight excluding hydrogens is 336 g/mol. The van der Waals surface area contributed by atoms with Crippen molar-refractivity contribution in [3.8, 4) is 0 Å². The van der Waals surface area contributed by atoms with Crippen molar-refractivity contribution in [2.45, 2.75) is 75.8 Å². The molecule has 2 aliphatic carbocycles. The Morgan fingerprint density at radius 3 is 1.38 bits per heavy atom. The molecule has 6 nitrogen and oxygen atoms in total. The molecule has 2 saturated carbocycles. The fourth-order valence-electron chi connectivity index (χ4n) is 3.58. The normalized spacial score (nSPS) is 29.0. The molecule has 1 aromatic carbocycles. The number of ether oxygens (including phenoxy) is 2. The Morgan fingerprint density at radius 1 is 0.692 bits per heavy atom. The number of esters is 2. The lowest BCUT2D eigenvalue weighted by Crippen LogP contribution is -2.34. The van der Waals surface area contributed by atoms with Gasteiger partial charge < -0.3 is 19.7 Å². The fraction of sp³-hybridized carbons (Fsp3) is 0.600. The van der Waals surface area contributed by atoms with Crippen LogP contribution >= 0.6 is 0 Å². The van der Waals surface area contributed by atoms with Gasteiger partial charge in [-0.25, -0.2) is 9.59 Å². The summed E-state index contributed by atoms with van der Waals surface area (Å²) in [6, 6.07) is 6.08. The molecule has 2 N–H and O–H groups in total. The van der Waals surface area contributed by atoms with E-state index in [-0.39, 0.29) is 0 Å².